The molecule has 0 aliphatic heterocycles. The number of rotatable bonds is 6. The Morgan fingerprint density at radius 1 is 0.966 bits per heavy atom. The molecule has 0 atom stereocenters. The summed E-state index contributed by atoms with van der Waals surface area (Å²) in [7, 11) is 0. The average molecular weight is 406 g/mol. The summed E-state index contributed by atoms with van der Waals surface area (Å²) in [4.78, 5) is 28.6. The minimum absolute atomic E-state index is 0.239. The summed E-state index contributed by atoms with van der Waals surface area (Å²) in [6.45, 7) is 0.695. The van der Waals surface area contributed by atoms with Crippen LogP contribution in [0.15, 0.2) is 71.3 Å². The summed E-state index contributed by atoms with van der Waals surface area (Å²) in [5.74, 6) is -0.0866. The lowest BCUT2D eigenvalue weighted by molar-refractivity contribution is 0.0996. The number of urea groups is 1. The second kappa shape index (κ2) is 8.57. The molecular formula is C21H18N4O3S. The Morgan fingerprint density at radius 2 is 1.83 bits per heavy atom. The Labute approximate surface area is 170 Å². The standard InChI is InChI=1S/C21H18N4O3S/c26-20(17-8-4-10-28-17)24-15-6-3-5-14(11-15)12-22-21(27)23-13-19-25-16-7-1-2-9-18(16)29-19/h1-11H,12-13H2,(H,24,26)(H2,22,23,27). The van der Waals surface area contributed by atoms with Gasteiger partial charge in [-0.05, 0) is 42.0 Å². The van der Waals surface area contributed by atoms with Crippen molar-refractivity contribution in [2.24, 2.45) is 0 Å². The van der Waals surface area contributed by atoms with Crippen LogP contribution in [-0.4, -0.2) is 16.9 Å². The lowest BCUT2D eigenvalue weighted by atomic mass is 10.2. The number of hydrogen-bond acceptors (Lipinski definition) is 5. The molecule has 0 spiro atoms. The van der Waals surface area contributed by atoms with Crippen molar-refractivity contribution in [2.75, 3.05) is 5.32 Å². The zero-order valence-electron chi connectivity index (χ0n) is 15.3. The first kappa shape index (κ1) is 18.7. The van der Waals surface area contributed by atoms with E-state index >= 15 is 0 Å². The molecule has 0 bridgehead atoms. The first-order chi connectivity index (χ1) is 14.2. The second-order valence-corrected chi connectivity index (χ2v) is 7.36. The van der Waals surface area contributed by atoms with Gasteiger partial charge in [0.15, 0.2) is 5.76 Å². The molecule has 2 aromatic heterocycles. The van der Waals surface area contributed by atoms with Gasteiger partial charge in [0.25, 0.3) is 5.91 Å². The number of benzene rings is 2. The van der Waals surface area contributed by atoms with Crippen LogP contribution in [0, 0.1) is 0 Å². The van der Waals surface area contributed by atoms with Crippen molar-refractivity contribution in [1.29, 1.82) is 0 Å². The van der Waals surface area contributed by atoms with Crippen LogP contribution in [0.2, 0.25) is 0 Å². The number of hydrogen-bond donors (Lipinski definition) is 3. The van der Waals surface area contributed by atoms with Gasteiger partial charge in [-0.25, -0.2) is 9.78 Å². The van der Waals surface area contributed by atoms with Crippen LogP contribution in [0.25, 0.3) is 10.2 Å². The van der Waals surface area contributed by atoms with Crippen LogP contribution in [0.3, 0.4) is 0 Å². The smallest absolute Gasteiger partial charge is 0.315 e. The van der Waals surface area contributed by atoms with E-state index in [1.54, 1.807) is 35.6 Å². The van der Waals surface area contributed by atoms with Crippen LogP contribution < -0.4 is 16.0 Å². The number of anilines is 1. The lowest BCUT2D eigenvalue weighted by Crippen LogP contribution is -2.34. The molecule has 4 rings (SSSR count). The van der Waals surface area contributed by atoms with Crippen molar-refractivity contribution in [2.45, 2.75) is 13.1 Å². The maximum Gasteiger partial charge on any atom is 0.315 e. The lowest BCUT2D eigenvalue weighted by Gasteiger charge is -2.09. The molecule has 0 aliphatic carbocycles. The highest BCUT2D eigenvalue weighted by molar-refractivity contribution is 7.18. The van der Waals surface area contributed by atoms with E-state index in [0.717, 1.165) is 20.8 Å². The number of nitrogens with zero attached hydrogens (tertiary/aromatic N) is 1. The van der Waals surface area contributed by atoms with E-state index in [0.29, 0.717) is 18.8 Å². The van der Waals surface area contributed by atoms with Gasteiger partial charge in [0.05, 0.1) is 23.0 Å². The molecule has 0 fully saturated rings. The zero-order valence-corrected chi connectivity index (χ0v) is 16.2. The average Bonchev–Trinajstić information content (AvgIpc) is 3.40. The molecule has 29 heavy (non-hydrogen) atoms. The molecule has 3 amide bonds. The zero-order chi connectivity index (χ0) is 20.1. The molecule has 2 aromatic carbocycles. The van der Waals surface area contributed by atoms with E-state index in [1.165, 1.54) is 6.26 Å². The summed E-state index contributed by atoms with van der Waals surface area (Å²) in [6, 6.07) is 18.1. The normalized spacial score (nSPS) is 10.6. The van der Waals surface area contributed by atoms with Crippen LogP contribution in [0.5, 0.6) is 0 Å². The monoisotopic (exact) mass is 406 g/mol. The third-order valence-electron chi connectivity index (χ3n) is 4.12. The molecule has 0 saturated heterocycles. The maximum absolute atomic E-state index is 12.1. The van der Waals surface area contributed by atoms with E-state index in [9.17, 15) is 9.59 Å². The summed E-state index contributed by atoms with van der Waals surface area (Å²) in [5, 5.41) is 9.23. The van der Waals surface area contributed by atoms with Crippen LogP contribution in [0.4, 0.5) is 10.5 Å². The number of fused-ring (bicyclic) bond motifs is 1. The van der Waals surface area contributed by atoms with Crippen LogP contribution in [-0.2, 0) is 13.1 Å². The van der Waals surface area contributed by atoms with E-state index < -0.39 is 0 Å². The van der Waals surface area contributed by atoms with E-state index in [-0.39, 0.29) is 17.7 Å². The Bertz CT molecular complexity index is 1100. The number of furan rings is 1. The molecule has 0 aliphatic rings. The second-order valence-electron chi connectivity index (χ2n) is 6.24. The molecule has 8 heteroatoms. The van der Waals surface area contributed by atoms with E-state index in [1.807, 2.05) is 36.4 Å². The Balaban J connectivity index is 1.28. The number of carbonyl (C=O) groups excluding carboxylic acids is 2. The summed E-state index contributed by atoms with van der Waals surface area (Å²) in [5.41, 5.74) is 2.42. The SMILES string of the molecule is O=C(NCc1cccc(NC(=O)c2ccco2)c1)NCc1nc2ccccc2s1. The van der Waals surface area contributed by atoms with Gasteiger partial charge in [-0.2, -0.15) is 0 Å². The third-order valence-corrected chi connectivity index (χ3v) is 5.16. The largest absolute Gasteiger partial charge is 0.459 e. The predicted octanol–water partition coefficient (Wildman–Crippen LogP) is 4.14. The van der Waals surface area contributed by atoms with Gasteiger partial charge in [-0.1, -0.05) is 24.3 Å². The molecule has 0 radical (unpaired) electrons. The van der Waals surface area contributed by atoms with Gasteiger partial charge in [-0.3, -0.25) is 4.79 Å². The number of carbonyl (C=O) groups is 2. The van der Waals surface area contributed by atoms with Gasteiger partial charge in [0, 0.05) is 12.2 Å². The number of aromatic nitrogens is 1. The number of nitrogens with one attached hydrogen (secondary N) is 3. The van der Waals surface area contributed by atoms with Crippen molar-refractivity contribution in [3.63, 3.8) is 0 Å². The first-order valence-corrected chi connectivity index (χ1v) is 9.79. The van der Waals surface area contributed by atoms with Crippen LogP contribution >= 0.6 is 11.3 Å². The summed E-state index contributed by atoms with van der Waals surface area (Å²) in [6.07, 6.45) is 1.45. The molecule has 2 heterocycles. The highest BCUT2D eigenvalue weighted by Crippen LogP contribution is 2.21. The number of amides is 3. The Kier molecular flexibility index (Phi) is 5.53. The van der Waals surface area contributed by atoms with Crippen LogP contribution in [0.1, 0.15) is 21.1 Å². The van der Waals surface area contributed by atoms with Gasteiger partial charge in [-0.15, -0.1) is 11.3 Å². The van der Waals surface area contributed by atoms with Crippen molar-refractivity contribution >= 4 is 39.2 Å². The molecule has 0 unspecified atom stereocenters. The van der Waals surface area contributed by atoms with E-state index in [2.05, 4.69) is 20.9 Å². The fourth-order valence-electron chi connectivity index (χ4n) is 2.76. The number of para-hydroxylation sites is 1. The van der Waals surface area contributed by atoms with Crippen molar-refractivity contribution in [3.05, 3.63) is 83.3 Å². The van der Waals surface area contributed by atoms with Crippen molar-refractivity contribution in [3.8, 4) is 0 Å². The van der Waals surface area contributed by atoms with Crippen molar-refractivity contribution < 1.29 is 14.0 Å². The first-order valence-electron chi connectivity index (χ1n) is 8.97. The minimum atomic E-state index is -0.325. The summed E-state index contributed by atoms with van der Waals surface area (Å²) >= 11 is 1.56. The fraction of sp³-hybridized carbons (Fsp3) is 0.0952. The quantitative estimate of drug-likeness (QED) is 0.448. The summed E-state index contributed by atoms with van der Waals surface area (Å²) < 4.78 is 6.17. The maximum atomic E-state index is 12.1. The molecule has 146 valence electrons. The van der Waals surface area contributed by atoms with Gasteiger partial charge in [0.2, 0.25) is 0 Å². The van der Waals surface area contributed by atoms with E-state index in [4.69, 9.17) is 4.42 Å². The predicted molar refractivity (Wildman–Crippen MR) is 112 cm³/mol. The molecule has 4 aromatic rings. The molecule has 0 saturated carbocycles. The fourth-order valence-corrected chi connectivity index (χ4v) is 3.66. The topological polar surface area (TPSA) is 96.3 Å². The highest BCUT2D eigenvalue weighted by atomic mass is 32.1. The van der Waals surface area contributed by atoms with Gasteiger partial charge >= 0.3 is 6.03 Å². The minimum Gasteiger partial charge on any atom is -0.459 e. The molecule has 3 N–H and O–H groups in total. The Hall–Kier alpha value is -3.65. The van der Waals surface area contributed by atoms with Gasteiger partial charge < -0.3 is 20.4 Å². The van der Waals surface area contributed by atoms with Crippen molar-refractivity contribution in [1.82, 2.24) is 15.6 Å². The molecule has 7 nitrogen and oxygen atoms in total. The Morgan fingerprint density at radius 3 is 2.66 bits per heavy atom. The molecular weight excluding hydrogens is 388 g/mol. The van der Waals surface area contributed by atoms with Gasteiger partial charge in [0.1, 0.15) is 5.01 Å². The third kappa shape index (κ3) is 4.80. The number of thiazole rings is 1. The highest BCUT2D eigenvalue weighted by Gasteiger charge is 2.09.